The molecule has 1 amide bonds. The fraction of sp³-hybridized carbons (Fsp3) is 0.214. The van der Waals surface area contributed by atoms with E-state index in [4.69, 9.17) is 4.74 Å². The predicted octanol–water partition coefficient (Wildman–Crippen LogP) is 5.91. The summed E-state index contributed by atoms with van der Waals surface area (Å²) in [6.07, 6.45) is 4.53. The Morgan fingerprint density at radius 2 is 1.79 bits per heavy atom. The molecule has 4 aromatic rings. The quantitative estimate of drug-likeness (QED) is 0.318. The first-order chi connectivity index (χ1) is 16.2. The minimum Gasteiger partial charge on any atom is -0.496 e. The van der Waals surface area contributed by atoms with Crippen LogP contribution in [0.4, 0.5) is 11.4 Å². The van der Waals surface area contributed by atoms with E-state index in [0.717, 1.165) is 52.9 Å². The van der Waals surface area contributed by atoms with Gasteiger partial charge >= 0.3 is 0 Å². The molecule has 0 saturated heterocycles. The number of aromatic nitrogens is 1. The first-order valence-corrected chi connectivity index (χ1v) is 11.3. The average molecular weight is 440 g/mol. The van der Waals surface area contributed by atoms with E-state index >= 15 is 0 Å². The second-order valence-electron chi connectivity index (χ2n) is 7.94. The number of carbonyl (C=O) groups is 1. The molecule has 1 heterocycles. The molecule has 0 fully saturated rings. The summed E-state index contributed by atoms with van der Waals surface area (Å²) >= 11 is 0. The number of hydrogen-bond donors (Lipinski definition) is 2. The van der Waals surface area contributed by atoms with Gasteiger partial charge in [0, 0.05) is 41.1 Å². The third-order valence-electron chi connectivity index (χ3n) is 5.72. The molecule has 0 bridgehead atoms. The van der Waals surface area contributed by atoms with Gasteiger partial charge in [0.25, 0.3) is 5.91 Å². The van der Waals surface area contributed by atoms with Crippen molar-refractivity contribution in [2.75, 3.05) is 19.0 Å². The van der Waals surface area contributed by atoms with Gasteiger partial charge in [0.1, 0.15) is 5.75 Å². The van der Waals surface area contributed by atoms with Crippen LogP contribution in [-0.4, -0.2) is 24.5 Å². The van der Waals surface area contributed by atoms with Crippen LogP contribution in [0.3, 0.4) is 0 Å². The molecule has 5 heteroatoms. The highest BCUT2D eigenvalue weighted by atomic mass is 16.5. The maximum Gasteiger partial charge on any atom is 0.251 e. The van der Waals surface area contributed by atoms with Crippen LogP contribution in [0.2, 0.25) is 0 Å². The monoisotopic (exact) mass is 439 g/mol. The Morgan fingerprint density at radius 1 is 1.00 bits per heavy atom. The summed E-state index contributed by atoms with van der Waals surface area (Å²) in [5.74, 6) is 0.803. The van der Waals surface area contributed by atoms with Crippen molar-refractivity contribution in [3.63, 3.8) is 0 Å². The van der Waals surface area contributed by atoms with Gasteiger partial charge in [-0.25, -0.2) is 0 Å². The molecule has 168 valence electrons. The van der Waals surface area contributed by atoms with Crippen LogP contribution in [0.5, 0.6) is 5.75 Å². The number of amides is 1. The molecule has 2 N–H and O–H groups in total. The second kappa shape index (κ2) is 10.6. The summed E-state index contributed by atoms with van der Waals surface area (Å²) in [7, 11) is 1.68. The number of methoxy groups -OCH3 is 1. The number of carbonyl (C=O) groups excluding carboxylic acids is 1. The Hall–Kier alpha value is -3.86. The third kappa shape index (κ3) is 5.50. The highest BCUT2D eigenvalue weighted by Crippen LogP contribution is 2.31. The molecule has 1 aromatic heterocycles. The number of benzene rings is 3. The summed E-state index contributed by atoms with van der Waals surface area (Å²) in [6, 6.07) is 23.9. The van der Waals surface area contributed by atoms with Gasteiger partial charge in [0.2, 0.25) is 0 Å². The van der Waals surface area contributed by atoms with Crippen LogP contribution in [0.15, 0.2) is 79.0 Å². The minimum atomic E-state index is -0.0522. The van der Waals surface area contributed by atoms with E-state index in [1.807, 2.05) is 54.6 Å². The summed E-state index contributed by atoms with van der Waals surface area (Å²) in [5, 5.41) is 7.50. The van der Waals surface area contributed by atoms with Gasteiger partial charge in [-0.3, -0.25) is 9.78 Å². The fourth-order valence-electron chi connectivity index (χ4n) is 3.90. The first kappa shape index (κ1) is 22.3. The molecule has 33 heavy (non-hydrogen) atoms. The van der Waals surface area contributed by atoms with E-state index < -0.39 is 0 Å². The van der Waals surface area contributed by atoms with Crippen molar-refractivity contribution in [1.82, 2.24) is 10.3 Å². The first-order valence-electron chi connectivity index (χ1n) is 11.3. The molecule has 0 aliphatic heterocycles. The topological polar surface area (TPSA) is 63.2 Å². The van der Waals surface area contributed by atoms with E-state index in [0.29, 0.717) is 12.1 Å². The zero-order valence-electron chi connectivity index (χ0n) is 19.1. The van der Waals surface area contributed by atoms with Gasteiger partial charge < -0.3 is 15.4 Å². The number of aryl methyl sites for hydroxylation is 2. The Bertz CT molecular complexity index is 1220. The number of nitrogens with zero attached hydrogens (tertiary/aromatic N) is 1. The maximum atomic E-state index is 12.5. The maximum absolute atomic E-state index is 12.5. The summed E-state index contributed by atoms with van der Waals surface area (Å²) < 4.78 is 5.50. The molecular formula is C28H29N3O2. The molecule has 0 aliphatic rings. The lowest BCUT2D eigenvalue weighted by molar-refractivity contribution is 0.0953. The fourth-order valence-corrected chi connectivity index (χ4v) is 3.90. The van der Waals surface area contributed by atoms with Gasteiger partial charge in [0.15, 0.2) is 0 Å². The average Bonchev–Trinajstić information content (AvgIpc) is 2.87. The van der Waals surface area contributed by atoms with Gasteiger partial charge in [-0.2, -0.15) is 0 Å². The van der Waals surface area contributed by atoms with Crippen LogP contribution in [-0.2, 0) is 12.8 Å². The molecule has 0 saturated carbocycles. The van der Waals surface area contributed by atoms with Gasteiger partial charge in [-0.1, -0.05) is 37.3 Å². The Labute approximate surface area is 194 Å². The standard InChI is InChI=1S/C28H29N3O2/c1-3-21-18-24-25(15-17-29-26(24)19-27(21)33-2)31-23-13-11-22(12-14-23)28(32)30-16-7-10-20-8-5-4-6-9-20/h4-6,8-9,11-15,17-19H,3,7,10,16H2,1-2H3,(H,29,31)(H,30,32). The van der Waals surface area contributed by atoms with Crippen molar-refractivity contribution >= 4 is 28.2 Å². The zero-order chi connectivity index (χ0) is 23.0. The van der Waals surface area contributed by atoms with E-state index in [-0.39, 0.29) is 5.91 Å². The zero-order valence-corrected chi connectivity index (χ0v) is 19.1. The SMILES string of the molecule is CCc1cc2c(Nc3ccc(C(=O)NCCCc4ccccc4)cc3)ccnc2cc1OC. The molecule has 0 spiro atoms. The van der Waals surface area contributed by atoms with E-state index in [2.05, 4.69) is 40.7 Å². The lowest BCUT2D eigenvalue weighted by atomic mass is 10.1. The van der Waals surface area contributed by atoms with Crippen molar-refractivity contribution in [2.45, 2.75) is 26.2 Å². The van der Waals surface area contributed by atoms with Gasteiger partial charge in [-0.05, 0) is 66.8 Å². The molecule has 3 aromatic carbocycles. The highest BCUT2D eigenvalue weighted by Gasteiger charge is 2.10. The summed E-state index contributed by atoms with van der Waals surface area (Å²) in [4.78, 5) is 17.0. The number of fused-ring (bicyclic) bond motifs is 1. The van der Waals surface area contributed by atoms with E-state index in [9.17, 15) is 4.79 Å². The molecule has 0 atom stereocenters. The van der Waals surface area contributed by atoms with Crippen molar-refractivity contribution < 1.29 is 9.53 Å². The number of pyridine rings is 1. The number of hydrogen-bond acceptors (Lipinski definition) is 4. The van der Waals surface area contributed by atoms with Crippen molar-refractivity contribution in [1.29, 1.82) is 0 Å². The summed E-state index contributed by atoms with van der Waals surface area (Å²) in [5.41, 5.74) is 5.83. The molecule has 4 rings (SSSR count). The second-order valence-corrected chi connectivity index (χ2v) is 7.94. The predicted molar refractivity (Wildman–Crippen MR) is 134 cm³/mol. The van der Waals surface area contributed by atoms with Crippen molar-refractivity contribution in [3.8, 4) is 5.75 Å². The van der Waals surface area contributed by atoms with Crippen molar-refractivity contribution in [2.24, 2.45) is 0 Å². The lowest BCUT2D eigenvalue weighted by Gasteiger charge is -2.13. The molecule has 0 radical (unpaired) electrons. The Kier molecular flexibility index (Phi) is 7.20. The van der Waals surface area contributed by atoms with Crippen LogP contribution in [0, 0.1) is 0 Å². The van der Waals surface area contributed by atoms with E-state index in [1.54, 1.807) is 13.3 Å². The minimum absolute atomic E-state index is 0.0522. The van der Waals surface area contributed by atoms with Crippen LogP contribution in [0.1, 0.15) is 34.8 Å². The Morgan fingerprint density at radius 3 is 2.52 bits per heavy atom. The normalized spacial score (nSPS) is 10.7. The summed E-state index contributed by atoms with van der Waals surface area (Å²) in [6.45, 7) is 2.76. The number of ether oxygens (including phenoxy) is 1. The van der Waals surface area contributed by atoms with E-state index in [1.165, 1.54) is 5.56 Å². The smallest absolute Gasteiger partial charge is 0.251 e. The Balaban J connectivity index is 1.39. The molecular weight excluding hydrogens is 410 g/mol. The number of anilines is 2. The highest BCUT2D eigenvalue weighted by molar-refractivity contribution is 5.96. The molecule has 0 aliphatic carbocycles. The number of nitrogens with one attached hydrogen (secondary N) is 2. The van der Waals surface area contributed by atoms with Crippen LogP contribution in [0.25, 0.3) is 10.9 Å². The van der Waals surface area contributed by atoms with Crippen LogP contribution < -0.4 is 15.4 Å². The molecule has 0 unspecified atom stereocenters. The lowest BCUT2D eigenvalue weighted by Crippen LogP contribution is -2.24. The molecule has 5 nitrogen and oxygen atoms in total. The third-order valence-corrected chi connectivity index (χ3v) is 5.72. The van der Waals surface area contributed by atoms with Crippen molar-refractivity contribution in [3.05, 3.63) is 95.7 Å². The van der Waals surface area contributed by atoms with Gasteiger partial charge in [-0.15, -0.1) is 0 Å². The van der Waals surface area contributed by atoms with Crippen LogP contribution >= 0.6 is 0 Å². The van der Waals surface area contributed by atoms with Gasteiger partial charge in [0.05, 0.1) is 12.6 Å². The number of rotatable bonds is 9. The largest absolute Gasteiger partial charge is 0.496 e.